The van der Waals surface area contributed by atoms with E-state index in [4.69, 9.17) is 26.1 Å². The third-order valence-electron chi connectivity index (χ3n) is 4.83. The summed E-state index contributed by atoms with van der Waals surface area (Å²) in [5.41, 5.74) is 6.15. The minimum absolute atomic E-state index is 0.703. The Morgan fingerprint density at radius 1 is 0.621 bits per heavy atom. The number of hydrogen-bond donors (Lipinski definition) is 0. The highest BCUT2D eigenvalue weighted by Crippen LogP contribution is 2.35. The van der Waals surface area contributed by atoms with Gasteiger partial charge in [-0.05, 0) is 53.6 Å². The van der Waals surface area contributed by atoms with Crippen LogP contribution in [0.25, 0.3) is 33.5 Å². The Balaban J connectivity index is 1.85. The minimum atomic E-state index is 0.703. The van der Waals surface area contributed by atoms with Gasteiger partial charge in [-0.2, -0.15) is 0 Å². The molecule has 29 heavy (non-hydrogen) atoms. The van der Waals surface area contributed by atoms with Crippen molar-refractivity contribution in [3.63, 3.8) is 0 Å². The lowest BCUT2D eigenvalue weighted by Crippen LogP contribution is -1.92. The summed E-state index contributed by atoms with van der Waals surface area (Å²) in [7, 11) is 3.33. The van der Waals surface area contributed by atoms with Gasteiger partial charge in [0.25, 0.3) is 0 Å². The number of hydrogen-bond acceptors (Lipinski definition) is 3. The van der Waals surface area contributed by atoms with E-state index in [1.54, 1.807) is 14.2 Å². The van der Waals surface area contributed by atoms with Crippen LogP contribution in [0.5, 0.6) is 11.5 Å². The summed E-state index contributed by atoms with van der Waals surface area (Å²) in [6.45, 7) is 0. The van der Waals surface area contributed by atoms with E-state index in [9.17, 15) is 0 Å². The highest BCUT2D eigenvalue weighted by molar-refractivity contribution is 6.30. The summed E-state index contributed by atoms with van der Waals surface area (Å²) in [5.74, 6) is 1.65. The second kappa shape index (κ2) is 8.38. The number of nitrogens with zero attached hydrogens (tertiary/aromatic N) is 1. The first-order valence-corrected chi connectivity index (χ1v) is 9.60. The number of rotatable bonds is 5. The molecule has 0 saturated carbocycles. The average molecular weight is 402 g/mol. The maximum absolute atomic E-state index is 6.07. The molecule has 0 bridgehead atoms. The minimum Gasteiger partial charge on any atom is -0.497 e. The third-order valence-corrected chi connectivity index (χ3v) is 5.08. The van der Waals surface area contributed by atoms with Crippen molar-refractivity contribution in [1.29, 1.82) is 0 Å². The summed E-state index contributed by atoms with van der Waals surface area (Å²) in [5, 5.41) is 0.703. The highest BCUT2D eigenvalue weighted by Gasteiger charge is 2.12. The molecular weight excluding hydrogens is 382 g/mol. The quantitative estimate of drug-likeness (QED) is 0.370. The van der Waals surface area contributed by atoms with Crippen LogP contribution in [0.3, 0.4) is 0 Å². The monoisotopic (exact) mass is 401 g/mol. The van der Waals surface area contributed by atoms with Crippen molar-refractivity contribution < 1.29 is 9.47 Å². The summed E-state index contributed by atoms with van der Waals surface area (Å²) in [4.78, 5) is 4.81. The maximum Gasteiger partial charge on any atom is 0.118 e. The SMILES string of the molecule is COc1ccc(-c2cnc(-c3ccc(Cl)cc3)c(-c3ccc(OC)cc3)c2)cc1. The first-order chi connectivity index (χ1) is 14.2. The van der Waals surface area contributed by atoms with Crippen LogP contribution in [0.1, 0.15) is 0 Å². The molecule has 4 heteroatoms. The number of methoxy groups -OCH3 is 2. The molecule has 144 valence electrons. The second-order valence-corrected chi connectivity index (χ2v) is 7.02. The van der Waals surface area contributed by atoms with Crippen LogP contribution >= 0.6 is 11.6 Å². The first kappa shape index (κ1) is 19.0. The number of benzene rings is 3. The lowest BCUT2D eigenvalue weighted by Gasteiger charge is -2.13. The molecular formula is C25H20ClNO2. The number of halogens is 1. The summed E-state index contributed by atoms with van der Waals surface area (Å²) in [6.07, 6.45) is 1.90. The number of pyridine rings is 1. The molecule has 0 unspecified atom stereocenters. The lowest BCUT2D eigenvalue weighted by molar-refractivity contribution is 0.415. The molecule has 0 spiro atoms. The van der Waals surface area contributed by atoms with Gasteiger partial charge in [-0.1, -0.05) is 48.0 Å². The molecule has 0 radical (unpaired) electrons. The molecule has 0 amide bonds. The number of ether oxygens (including phenoxy) is 2. The molecule has 0 N–H and O–H groups in total. The molecule has 1 aromatic heterocycles. The van der Waals surface area contributed by atoms with Gasteiger partial charge in [-0.15, -0.1) is 0 Å². The maximum atomic E-state index is 6.07. The van der Waals surface area contributed by atoms with Crippen molar-refractivity contribution in [1.82, 2.24) is 4.98 Å². The Kier molecular flexibility index (Phi) is 5.50. The fourth-order valence-corrected chi connectivity index (χ4v) is 3.36. The third kappa shape index (κ3) is 4.10. The van der Waals surface area contributed by atoms with Gasteiger partial charge in [0.1, 0.15) is 11.5 Å². The average Bonchev–Trinajstić information content (AvgIpc) is 2.79. The normalized spacial score (nSPS) is 10.6. The van der Waals surface area contributed by atoms with Crippen molar-refractivity contribution >= 4 is 11.6 Å². The fraction of sp³-hybridized carbons (Fsp3) is 0.0800. The Bertz CT molecular complexity index is 1110. The summed E-state index contributed by atoms with van der Waals surface area (Å²) >= 11 is 6.07. The van der Waals surface area contributed by atoms with Gasteiger partial charge in [0.15, 0.2) is 0 Å². The van der Waals surface area contributed by atoms with E-state index in [-0.39, 0.29) is 0 Å². The van der Waals surface area contributed by atoms with Gasteiger partial charge >= 0.3 is 0 Å². The van der Waals surface area contributed by atoms with Gasteiger partial charge in [-0.3, -0.25) is 4.98 Å². The molecule has 0 aliphatic carbocycles. The summed E-state index contributed by atoms with van der Waals surface area (Å²) < 4.78 is 10.6. The molecule has 0 atom stereocenters. The van der Waals surface area contributed by atoms with E-state index in [2.05, 4.69) is 6.07 Å². The Morgan fingerprint density at radius 2 is 1.14 bits per heavy atom. The molecule has 0 aliphatic rings. The Morgan fingerprint density at radius 3 is 1.69 bits per heavy atom. The molecule has 3 nitrogen and oxygen atoms in total. The van der Waals surface area contributed by atoms with Crippen LogP contribution in [0.2, 0.25) is 5.02 Å². The van der Waals surface area contributed by atoms with Crippen LogP contribution in [0.15, 0.2) is 85.1 Å². The lowest BCUT2D eigenvalue weighted by atomic mass is 9.96. The Labute approximate surface area is 175 Å². The van der Waals surface area contributed by atoms with Gasteiger partial charge in [-0.25, -0.2) is 0 Å². The predicted octanol–water partition coefficient (Wildman–Crippen LogP) is 6.75. The summed E-state index contributed by atoms with van der Waals surface area (Å²) in [6, 6.07) is 25.9. The van der Waals surface area contributed by atoms with E-state index in [1.807, 2.05) is 79.0 Å². The van der Waals surface area contributed by atoms with Gasteiger partial charge in [0.2, 0.25) is 0 Å². The van der Waals surface area contributed by atoms with Crippen molar-refractivity contribution in [2.75, 3.05) is 14.2 Å². The van der Waals surface area contributed by atoms with Gasteiger partial charge in [0, 0.05) is 27.9 Å². The molecule has 4 rings (SSSR count). The number of aromatic nitrogens is 1. The van der Waals surface area contributed by atoms with Crippen LogP contribution in [-0.4, -0.2) is 19.2 Å². The predicted molar refractivity (Wildman–Crippen MR) is 119 cm³/mol. The zero-order valence-corrected chi connectivity index (χ0v) is 17.0. The van der Waals surface area contributed by atoms with Crippen LogP contribution < -0.4 is 9.47 Å². The van der Waals surface area contributed by atoms with Crippen LogP contribution in [-0.2, 0) is 0 Å². The first-order valence-electron chi connectivity index (χ1n) is 9.23. The Hall–Kier alpha value is -3.30. The molecule has 0 fully saturated rings. The van der Waals surface area contributed by atoms with Gasteiger partial charge in [0.05, 0.1) is 19.9 Å². The van der Waals surface area contributed by atoms with E-state index in [0.717, 1.165) is 45.0 Å². The smallest absolute Gasteiger partial charge is 0.118 e. The van der Waals surface area contributed by atoms with E-state index in [0.29, 0.717) is 5.02 Å². The molecule has 3 aromatic carbocycles. The highest BCUT2D eigenvalue weighted by atomic mass is 35.5. The molecule has 1 heterocycles. The van der Waals surface area contributed by atoms with Crippen molar-refractivity contribution in [3.05, 3.63) is 90.1 Å². The molecule has 0 aliphatic heterocycles. The van der Waals surface area contributed by atoms with Crippen LogP contribution in [0, 0.1) is 0 Å². The largest absolute Gasteiger partial charge is 0.497 e. The van der Waals surface area contributed by atoms with Crippen molar-refractivity contribution in [2.24, 2.45) is 0 Å². The zero-order chi connectivity index (χ0) is 20.2. The van der Waals surface area contributed by atoms with Crippen molar-refractivity contribution in [3.8, 4) is 45.0 Å². The molecule has 0 saturated heterocycles. The molecule has 4 aromatic rings. The topological polar surface area (TPSA) is 31.4 Å². The van der Waals surface area contributed by atoms with Gasteiger partial charge < -0.3 is 9.47 Å². The zero-order valence-electron chi connectivity index (χ0n) is 16.2. The van der Waals surface area contributed by atoms with E-state index >= 15 is 0 Å². The standard InChI is InChI=1S/C25H20ClNO2/c1-28-22-11-5-17(6-12-22)20-15-24(18-7-13-23(29-2)14-8-18)25(27-16-20)19-3-9-21(26)10-4-19/h3-16H,1-2H3. The van der Waals surface area contributed by atoms with Crippen LogP contribution in [0.4, 0.5) is 0 Å². The second-order valence-electron chi connectivity index (χ2n) is 6.58. The van der Waals surface area contributed by atoms with E-state index < -0.39 is 0 Å². The van der Waals surface area contributed by atoms with E-state index in [1.165, 1.54) is 0 Å². The fourth-order valence-electron chi connectivity index (χ4n) is 3.23. The van der Waals surface area contributed by atoms with Crippen molar-refractivity contribution in [2.45, 2.75) is 0 Å².